The van der Waals surface area contributed by atoms with Crippen molar-refractivity contribution in [3.8, 4) is 0 Å². The van der Waals surface area contributed by atoms with Crippen LogP contribution < -0.4 is 0 Å². The molecule has 0 spiro atoms. The maximum absolute atomic E-state index is 12.6. The van der Waals surface area contributed by atoms with Crippen LogP contribution in [0.2, 0.25) is 0 Å². The molecular formula is C17H23NO3. The number of rotatable bonds is 5. The van der Waals surface area contributed by atoms with Crippen molar-refractivity contribution in [2.45, 2.75) is 38.0 Å². The number of aryl methyl sites for hydroxylation is 1. The minimum Gasteiger partial charge on any atom is -0.469 e. The van der Waals surface area contributed by atoms with Gasteiger partial charge in [-0.15, -0.1) is 0 Å². The van der Waals surface area contributed by atoms with Crippen molar-refractivity contribution in [1.82, 2.24) is 4.90 Å². The molecule has 0 N–H and O–H groups in total. The zero-order valence-corrected chi connectivity index (χ0v) is 12.8. The summed E-state index contributed by atoms with van der Waals surface area (Å²) in [5, 5.41) is 0. The van der Waals surface area contributed by atoms with E-state index in [-0.39, 0.29) is 17.8 Å². The molecule has 1 amide bonds. The number of benzene rings is 1. The summed E-state index contributed by atoms with van der Waals surface area (Å²) in [5.41, 5.74) is 2.47. The van der Waals surface area contributed by atoms with Gasteiger partial charge in [-0.2, -0.15) is 0 Å². The van der Waals surface area contributed by atoms with Gasteiger partial charge >= 0.3 is 5.97 Å². The van der Waals surface area contributed by atoms with Gasteiger partial charge in [-0.05, 0) is 36.8 Å². The monoisotopic (exact) mass is 289 g/mol. The van der Waals surface area contributed by atoms with Gasteiger partial charge in [-0.25, -0.2) is 0 Å². The van der Waals surface area contributed by atoms with Crippen LogP contribution in [0.1, 0.15) is 42.7 Å². The van der Waals surface area contributed by atoms with E-state index in [9.17, 15) is 9.59 Å². The first-order valence-electron chi connectivity index (χ1n) is 7.53. The zero-order valence-electron chi connectivity index (χ0n) is 12.8. The van der Waals surface area contributed by atoms with Crippen molar-refractivity contribution in [3.63, 3.8) is 0 Å². The maximum atomic E-state index is 12.6. The van der Waals surface area contributed by atoms with Crippen molar-refractivity contribution >= 4 is 11.9 Å². The van der Waals surface area contributed by atoms with E-state index in [1.165, 1.54) is 18.2 Å². The third-order valence-corrected chi connectivity index (χ3v) is 4.15. The average Bonchev–Trinajstić information content (AvgIpc) is 2.53. The quantitative estimate of drug-likeness (QED) is 0.783. The van der Waals surface area contributed by atoms with Crippen molar-refractivity contribution in [3.05, 3.63) is 35.4 Å². The lowest BCUT2D eigenvalue weighted by Gasteiger charge is -2.28. The van der Waals surface area contributed by atoms with Gasteiger partial charge in [0.25, 0.3) is 0 Å². The number of hydrogen-bond donors (Lipinski definition) is 0. The van der Waals surface area contributed by atoms with Gasteiger partial charge in [0, 0.05) is 20.0 Å². The van der Waals surface area contributed by atoms with Crippen LogP contribution in [-0.2, 0) is 20.7 Å². The van der Waals surface area contributed by atoms with Gasteiger partial charge in [0.05, 0.1) is 13.0 Å². The Kier molecular flexibility index (Phi) is 5.37. The van der Waals surface area contributed by atoms with Gasteiger partial charge < -0.3 is 9.64 Å². The number of esters is 1. The smallest absolute Gasteiger partial charge is 0.305 e. The summed E-state index contributed by atoms with van der Waals surface area (Å²) in [5.74, 6) is -0.0936. The van der Waals surface area contributed by atoms with E-state index in [0.29, 0.717) is 19.4 Å². The molecular weight excluding hydrogens is 266 g/mol. The number of methoxy groups -OCH3 is 1. The Hall–Kier alpha value is -1.84. The fraction of sp³-hybridized carbons (Fsp3) is 0.529. The highest BCUT2D eigenvalue weighted by atomic mass is 16.5. The first kappa shape index (κ1) is 15.5. The Balaban J connectivity index is 1.95. The van der Waals surface area contributed by atoms with Gasteiger partial charge in [-0.1, -0.05) is 24.3 Å². The molecule has 0 heterocycles. The molecule has 2 rings (SSSR count). The molecule has 1 atom stereocenters. The number of carbonyl (C=O) groups is 2. The van der Waals surface area contributed by atoms with Gasteiger partial charge in [0.1, 0.15) is 0 Å². The molecule has 0 aromatic heterocycles. The van der Waals surface area contributed by atoms with Gasteiger partial charge in [0.15, 0.2) is 0 Å². The van der Waals surface area contributed by atoms with E-state index in [0.717, 1.165) is 19.3 Å². The first-order chi connectivity index (χ1) is 10.1. The average molecular weight is 289 g/mol. The second kappa shape index (κ2) is 7.25. The number of hydrogen-bond acceptors (Lipinski definition) is 3. The zero-order chi connectivity index (χ0) is 15.2. The summed E-state index contributed by atoms with van der Waals surface area (Å²) in [6.07, 6.45) is 4.03. The molecule has 1 aromatic carbocycles. The molecule has 1 aliphatic rings. The van der Waals surface area contributed by atoms with Crippen LogP contribution in [0.15, 0.2) is 24.3 Å². The Labute approximate surface area is 126 Å². The lowest BCUT2D eigenvalue weighted by molar-refractivity contribution is -0.141. The fourth-order valence-electron chi connectivity index (χ4n) is 2.95. The van der Waals surface area contributed by atoms with Crippen LogP contribution >= 0.6 is 0 Å². The number of amides is 1. The summed E-state index contributed by atoms with van der Waals surface area (Å²) in [6, 6.07) is 8.22. The molecule has 0 saturated heterocycles. The highest BCUT2D eigenvalue weighted by molar-refractivity contribution is 5.84. The Morgan fingerprint density at radius 3 is 2.86 bits per heavy atom. The van der Waals surface area contributed by atoms with Crippen LogP contribution in [-0.4, -0.2) is 37.5 Å². The van der Waals surface area contributed by atoms with Crippen molar-refractivity contribution in [1.29, 1.82) is 0 Å². The van der Waals surface area contributed by atoms with E-state index in [4.69, 9.17) is 0 Å². The number of likely N-dealkylation sites (N-methyl/N-ethyl adjacent to an activating group) is 1. The second-order valence-electron chi connectivity index (χ2n) is 5.58. The third kappa shape index (κ3) is 3.84. The molecule has 0 saturated carbocycles. The molecule has 0 fully saturated rings. The van der Waals surface area contributed by atoms with Crippen molar-refractivity contribution < 1.29 is 14.3 Å². The first-order valence-corrected chi connectivity index (χ1v) is 7.53. The van der Waals surface area contributed by atoms with Crippen molar-refractivity contribution in [2.75, 3.05) is 20.7 Å². The summed E-state index contributed by atoms with van der Waals surface area (Å²) < 4.78 is 4.61. The molecule has 0 radical (unpaired) electrons. The summed E-state index contributed by atoms with van der Waals surface area (Å²) >= 11 is 0. The van der Waals surface area contributed by atoms with Crippen LogP contribution in [0.25, 0.3) is 0 Å². The van der Waals surface area contributed by atoms with Crippen LogP contribution in [0.5, 0.6) is 0 Å². The van der Waals surface area contributed by atoms with E-state index < -0.39 is 0 Å². The Morgan fingerprint density at radius 2 is 2.10 bits per heavy atom. The number of carbonyl (C=O) groups excluding carboxylic acids is 2. The van der Waals surface area contributed by atoms with Crippen LogP contribution in [0.3, 0.4) is 0 Å². The molecule has 1 aromatic rings. The third-order valence-electron chi connectivity index (χ3n) is 4.15. The predicted molar refractivity (Wildman–Crippen MR) is 81.0 cm³/mol. The molecule has 114 valence electrons. The number of ether oxygens (including phenoxy) is 1. The van der Waals surface area contributed by atoms with E-state index >= 15 is 0 Å². The van der Waals surface area contributed by atoms with E-state index in [1.54, 1.807) is 4.90 Å². The van der Waals surface area contributed by atoms with E-state index in [2.05, 4.69) is 16.9 Å². The molecule has 1 unspecified atom stereocenters. The molecule has 21 heavy (non-hydrogen) atoms. The lowest BCUT2D eigenvalue weighted by atomic mass is 9.82. The Bertz CT molecular complexity index is 513. The SMILES string of the molecule is COC(=O)CCCN(C)C(=O)C1CCCc2ccccc21. The Morgan fingerprint density at radius 1 is 1.33 bits per heavy atom. The van der Waals surface area contributed by atoms with Crippen LogP contribution in [0, 0.1) is 0 Å². The van der Waals surface area contributed by atoms with Crippen molar-refractivity contribution in [2.24, 2.45) is 0 Å². The fourth-order valence-corrected chi connectivity index (χ4v) is 2.95. The van der Waals surface area contributed by atoms with Gasteiger partial charge in [-0.3, -0.25) is 9.59 Å². The molecule has 4 nitrogen and oxygen atoms in total. The maximum Gasteiger partial charge on any atom is 0.305 e. The summed E-state index contributed by atoms with van der Waals surface area (Å²) in [7, 11) is 3.20. The minimum atomic E-state index is -0.223. The van der Waals surface area contributed by atoms with Gasteiger partial charge in [0.2, 0.25) is 5.91 Å². The number of fused-ring (bicyclic) bond motifs is 1. The van der Waals surface area contributed by atoms with Crippen LogP contribution in [0.4, 0.5) is 0 Å². The lowest BCUT2D eigenvalue weighted by Crippen LogP contribution is -2.34. The molecule has 4 heteroatoms. The summed E-state index contributed by atoms with van der Waals surface area (Å²) in [4.78, 5) is 25.5. The highest BCUT2D eigenvalue weighted by Gasteiger charge is 2.28. The number of nitrogens with zero attached hydrogens (tertiary/aromatic N) is 1. The molecule has 0 aliphatic heterocycles. The van der Waals surface area contributed by atoms with E-state index in [1.807, 2.05) is 19.2 Å². The standard InChI is InChI=1S/C17H23NO3/c1-18(12-6-11-16(19)21-2)17(20)15-10-5-8-13-7-3-4-9-14(13)15/h3-4,7,9,15H,5-6,8,10-12H2,1-2H3. The minimum absolute atomic E-state index is 0.0296. The summed E-state index contributed by atoms with van der Waals surface area (Å²) in [6.45, 7) is 0.590. The highest BCUT2D eigenvalue weighted by Crippen LogP contribution is 2.32. The largest absolute Gasteiger partial charge is 0.469 e. The predicted octanol–water partition coefficient (Wildman–Crippen LogP) is 2.52. The normalized spacial score (nSPS) is 17.0. The molecule has 1 aliphatic carbocycles. The molecule has 0 bridgehead atoms. The topological polar surface area (TPSA) is 46.6 Å². The second-order valence-corrected chi connectivity index (χ2v) is 5.58.